The van der Waals surface area contributed by atoms with E-state index in [1.807, 2.05) is 38.1 Å². The van der Waals surface area contributed by atoms with Crippen LogP contribution >= 0.6 is 11.8 Å². The highest BCUT2D eigenvalue weighted by atomic mass is 32.2. The average Bonchev–Trinajstić information content (AvgIpc) is 2.64. The first-order valence-electron chi connectivity index (χ1n) is 8.32. The Morgan fingerprint density at radius 2 is 1.92 bits per heavy atom. The van der Waals surface area contributed by atoms with Crippen molar-refractivity contribution < 1.29 is 4.74 Å². The summed E-state index contributed by atoms with van der Waals surface area (Å²) in [6.45, 7) is 7.23. The van der Waals surface area contributed by atoms with Gasteiger partial charge in [0.25, 0.3) is 0 Å². The van der Waals surface area contributed by atoms with Gasteiger partial charge in [0.15, 0.2) is 5.82 Å². The van der Waals surface area contributed by atoms with E-state index in [-0.39, 0.29) is 0 Å². The maximum absolute atomic E-state index is 5.89. The summed E-state index contributed by atoms with van der Waals surface area (Å²) < 4.78 is 5.42. The summed E-state index contributed by atoms with van der Waals surface area (Å²) >= 11 is 1.76. The molecule has 1 aliphatic rings. The van der Waals surface area contributed by atoms with Gasteiger partial charge >= 0.3 is 0 Å². The fraction of sp³-hybridized carbons (Fsp3) is 0.444. The van der Waals surface area contributed by atoms with E-state index in [1.54, 1.807) is 11.8 Å². The molecule has 6 heteroatoms. The van der Waals surface area contributed by atoms with Gasteiger partial charge in [-0.15, -0.1) is 0 Å². The third kappa shape index (κ3) is 4.85. The predicted octanol–water partition coefficient (Wildman–Crippen LogP) is 3.45. The molecule has 0 aliphatic carbocycles. The van der Waals surface area contributed by atoms with E-state index in [0.717, 1.165) is 60.6 Å². The predicted molar refractivity (Wildman–Crippen MR) is 103 cm³/mol. The monoisotopic (exact) mass is 346 g/mol. The lowest BCUT2D eigenvalue weighted by Crippen LogP contribution is -2.37. The minimum atomic E-state index is 0.726. The fourth-order valence-electron chi connectivity index (χ4n) is 2.47. The minimum Gasteiger partial charge on any atom is -0.399 e. The number of nitrogens with zero attached hydrogens (tertiary/aromatic N) is 3. The van der Waals surface area contributed by atoms with Gasteiger partial charge in [-0.3, -0.25) is 0 Å². The molecule has 1 aromatic carbocycles. The lowest BCUT2D eigenvalue weighted by molar-refractivity contribution is 0.122. The van der Waals surface area contributed by atoms with E-state index in [4.69, 9.17) is 15.5 Å². The molecule has 24 heavy (non-hydrogen) atoms. The SMILES string of the molecule is CC.CSCc1cc(N2CCOCC2)nc(-c2cccc(N)c2)n1. The van der Waals surface area contributed by atoms with E-state index >= 15 is 0 Å². The molecule has 3 rings (SSSR count). The van der Waals surface area contributed by atoms with Crippen LogP contribution in [0.2, 0.25) is 0 Å². The topological polar surface area (TPSA) is 64.3 Å². The van der Waals surface area contributed by atoms with Gasteiger partial charge in [0, 0.05) is 36.2 Å². The molecule has 0 saturated carbocycles. The molecular weight excluding hydrogens is 320 g/mol. The van der Waals surface area contributed by atoms with Crippen molar-refractivity contribution in [2.75, 3.05) is 43.2 Å². The molecule has 2 N–H and O–H groups in total. The zero-order valence-electron chi connectivity index (χ0n) is 14.7. The molecule has 5 nitrogen and oxygen atoms in total. The van der Waals surface area contributed by atoms with Crippen molar-refractivity contribution in [3.63, 3.8) is 0 Å². The van der Waals surface area contributed by atoms with Crippen molar-refractivity contribution in [1.82, 2.24) is 9.97 Å². The lowest BCUT2D eigenvalue weighted by Gasteiger charge is -2.28. The first kappa shape index (κ1) is 18.5. The van der Waals surface area contributed by atoms with Gasteiger partial charge in [0.05, 0.1) is 18.9 Å². The van der Waals surface area contributed by atoms with Gasteiger partial charge < -0.3 is 15.4 Å². The van der Waals surface area contributed by atoms with Gasteiger partial charge in [-0.1, -0.05) is 26.0 Å². The highest BCUT2D eigenvalue weighted by molar-refractivity contribution is 7.97. The number of ether oxygens (including phenoxy) is 1. The molecule has 1 fully saturated rings. The van der Waals surface area contributed by atoms with Crippen LogP contribution in [0.3, 0.4) is 0 Å². The molecule has 0 spiro atoms. The highest BCUT2D eigenvalue weighted by Crippen LogP contribution is 2.23. The molecule has 0 bridgehead atoms. The summed E-state index contributed by atoms with van der Waals surface area (Å²) in [5, 5.41) is 0. The third-order valence-electron chi connectivity index (χ3n) is 3.54. The minimum absolute atomic E-state index is 0.726. The Hall–Kier alpha value is -1.79. The molecule has 0 atom stereocenters. The molecule has 0 amide bonds. The molecule has 1 saturated heterocycles. The van der Waals surface area contributed by atoms with E-state index in [9.17, 15) is 0 Å². The van der Waals surface area contributed by atoms with Crippen LogP contribution in [0.5, 0.6) is 0 Å². The molecular formula is C18H26N4OS. The smallest absolute Gasteiger partial charge is 0.161 e. The number of benzene rings is 1. The normalized spacial score (nSPS) is 14.0. The molecule has 2 aromatic rings. The van der Waals surface area contributed by atoms with Crippen LogP contribution in [-0.4, -0.2) is 42.5 Å². The first-order valence-corrected chi connectivity index (χ1v) is 9.71. The van der Waals surface area contributed by atoms with Gasteiger partial charge in [-0.25, -0.2) is 9.97 Å². The number of hydrogen-bond acceptors (Lipinski definition) is 6. The van der Waals surface area contributed by atoms with E-state index in [2.05, 4.69) is 22.2 Å². The first-order chi connectivity index (χ1) is 11.8. The quantitative estimate of drug-likeness (QED) is 0.856. The van der Waals surface area contributed by atoms with Crippen LogP contribution in [0, 0.1) is 0 Å². The van der Waals surface area contributed by atoms with Crippen molar-refractivity contribution in [3.8, 4) is 11.4 Å². The Labute approximate surface area is 148 Å². The number of nitrogen functional groups attached to an aromatic ring is 1. The van der Waals surface area contributed by atoms with Crippen molar-refractivity contribution in [1.29, 1.82) is 0 Å². The average molecular weight is 346 g/mol. The van der Waals surface area contributed by atoms with Crippen LogP contribution in [0.15, 0.2) is 30.3 Å². The van der Waals surface area contributed by atoms with E-state index in [1.165, 1.54) is 0 Å². The lowest BCUT2D eigenvalue weighted by atomic mass is 10.2. The second-order valence-corrected chi connectivity index (χ2v) is 6.07. The Morgan fingerprint density at radius 1 is 1.17 bits per heavy atom. The largest absolute Gasteiger partial charge is 0.399 e. The van der Waals surface area contributed by atoms with Crippen LogP contribution in [0.1, 0.15) is 19.5 Å². The number of rotatable bonds is 4. The summed E-state index contributed by atoms with van der Waals surface area (Å²) in [4.78, 5) is 11.7. The molecule has 130 valence electrons. The fourth-order valence-corrected chi connectivity index (χ4v) is 2.91. The Kier molecular flexibility index (Phi) is 7.34. The molecule has 0 radical (unpaired) electrons. The second kappa shape index (κ2) is 9.49. The summed E-state index contributed by atoms with van der Waals surface area (Å²) in [6.07, 6.45) is 2.08. The van der Waals surface area contributed by atoms with Crippen molar-refractivity contribution >= 4 is 23.3 Å². The number of morpholine rings is 1. The van der Waals surface area contributed by atoms with Gasteiger partial charge in [0.1, 0.15) is 5.82 Å². The molecule has 1 aliphatic heterocycles. The van der Waals surface area contributed by atoms with Crippen LogP contribution in [0.4, 0.5) is 11.5 Å². The molecule has 0 unspecified atom stereocenters. The second-order valence-electron chi connectivity index (χ2n) is 5.20. The summed E-state index contributed by atoms with van der Waals surface area (Å²) in [5.74, 6) is 2.58. The summed E-state index contributed by atoms with van der Waals surface area (Å²) in [6, 6.07) is 9.80. The zero-order valence-corrected chi connectivity index (χ0v) is 15.5. The Balaban J connectivity index is 0.00000100. The maximum Gasteiger partial charge on any atom is 0.161 e. The molecule has 2 heterocycles. The van der Waals surface area contributed by atoms with Crippen molar-refractivity contribution in [2.24, 2.45) is 0 Å². The highest BCUT2D eigenvalue weighted by Gasteiger charge is 2.15. The van der Waals surface area contributed by atoms with Crippen LogP contribution < -0.4 is 10.6 Å². The third-order valence-corrected chi connectivity index (χ3v) is 4.12. The van der Waals surface area contributed by atoms with Gasteiger partial charge in [0.2, 0.25) is 0 Å². The number of hydrogen-bond donors (Lipinski definition) is 1. The Morgan fingerprint density at radius 3 is 2.58 bits per heavy atom. The Bertz CT molecular complexity index is 645. The summed E-state index contributed by atoms with van der Waals surface area (Å²) in [7, 11) is 0. The van der Waals surface area contributed by atoms with Gasteiger partial charge in [-0.05, 0) is 18.4 Å². The summed E-state index contributed by atoms with van der Waals surface area (Å²) in [5.41, 5.74) is 8.61. The van der Waals surface area contributed by atoms with E-state index in [0.29, 0.717) is 0 Å². The van der Waals surface area contributed by atoms with Crippen molar-refractivity contribution in [2.45, 2.75) is 19.6 Å². The van der Waals surface area contributed by atoms with Crippen molar-refractivity contribution in [3.05, 3.63) is 36.0 Å². The molecule has 1 aromatic heterocycles. The number of anilines is 2. The number of thioether (sulfide) groups is 1. The van der Waals surface area contributed by atoms with Gasteiger partial charge in [-0.2, -0.15) is 11.8 Å². The van der Waals surface area contributed by atoms with Crippen LogP contribution in [-0.2, 0) is 10.5 Å². The zero-order chi connectivity index (χ0) is 17.4. The maximum atomic E-state index is 5.89. The number of nitrogens with two attached hydrogens (primary N) is 1. The van der Waals surface area contributed by atoms with E-state index < -0.39 is 0 Å². The standard InChI is InChI=1S/C16H20N4OS.C2H6/c1-22-11-14-10-15(20-5-7-21-8-6-20)19-16(18-14)12-3-2-4-13(17)9-12;1-2/h2-4,9-10H,5-8,11,17H2,1H3;1-2H3. The number of aromatic nitrogens is 2. The van der Waals surface area contributed by atoms with Crippen LogP contribution in [0.25, 0.3) is 11.4 Å².